The van der Waals surface area contributed by atoms with E-state index in [0.717, 1.165) is 11.8 Å². The monoisotopic (exact) mass is 261 g/mol. The number of methoxy groups -OCH3 is 1. The summed E-state index contributed by atoms with van der Waals surface area (Å²) in [4.78, 5) is 0. The fourth-order valence-electron chi connectivity index (χ4n) is 3.22. The van der Waals surface area contributed by atoms with Gasteiger partial charge in [-0.05, 0) is 75.3 Å². The van der Waals surface area contributed by atoms with Crippen molar-refractivity contribution in [1.29, 1.82) is 0 Å². The van der Waals surface area contributed by atoms with E-state index in [1.807, 2.05) is 0 Å². The second kappa shape index (κ2) is 6.42. The normalized spacial score (nSPS) is 19.5. The number of aryl methyl sites for hydroxylation is 2. The number of benzene rings is 1. The van der Waals surface area contributed by atoms with E-state index in [1.54, 1.807) is 7.11 Å². The summed E-state index contributed by atoms with van der Waals surface area (Å²) in [6.45, 7) is 7.74. The Kier molecular flexibility index (Phi) is 4.87. The minimum atomic E-state index is 0.718. The molecule has 2 nitrogen and oxygen atoms in total. The minimum absolute atomic E-state index is 0.718. The Labute approximate surface area is 117 Å². The predicted octanol–water partition coefficient (Wildman–Crippen LogP) is 3.70. The average molecular weight is 261 g/mol. The molecule has 0 radical (unpaired) electrons. The van der Waals surface area contributed by atoms with Crippen LogP contribution >= 0.6 is 0 Å². The van der Waals surface area contributed by atoms with Gasteiger partial charge in [-0.2, -0.15) is 0 Å². The van der Waals surface area contributed by atoms with E-state index in [2.05, 4.69) is 32.2 Å². The van der Waals surface area contributed by atoms with Gasteiger partial charge in [0.05, 0.1) is 7.11 Å². The Balaban J connectivity index is 2.07. The summed E-state index contributed by atoms with van der Waals surface area (Å²) in [6.07, 6.45) is 6.50. The maximum Gasteiger partial charge on any atom is 0.124 e. The third kappa shape index (κ3) is 3.30. The molecule has 0 spiro atoms. The maximum absolute atomic E-state index is 5.49. The van der Waals surface area contributed by atoms with Crippen LogP contribution in [0.25, 0.3) is 0 Å². The van der Waals surface area contributed by atoms with Gasteiger partial charge in [-0.1, -0.05) is 12.5 Å². The van der Waals surface area contributed by atoms with Crippen molar-refractivity contribution in [3.63, 3.8) is 0 Å². The molecule has 0 aromatic heterocycles. The van der Waals surface area contributed by atoms with Gasteiger partial charge in [0.1, 0.15) is 5.75 Å². The van der Waals surface area contributed by atoms with E-state index in [4.69, 9.17) is 4.74 Å². The molecule has 1 aromatic carbocycles. The molecule has 0 amide bonds. The number of nitrogens with one attached hydrogen (secondary N) is 1. The number of hydrogen-bond acceptors (Lipinski definition) is 2. The van der Waals surface area contributed by atoms with Crippen molar-refractivity contribution in [1.82, 2.24) is 5.32 Å². The first-order chi connectivity index (χ1) is 9.13. The Morgan fingerprint density at radius 3 is 2.63 bits per heavy atom. The Morgan fingerprint density at radius 1 is 1.21 bits per heavy atom. The number of rotatable bonds is 4. The third-order valence-electron chi connectivity index (χ3n) is 4.51. The number of hydrogen-bond donors (Lipinski definition) is 1. The lowest BCUT2D eigenvalue weighted by atomic mass is 9.92. The first-order valence-electron chi connectivity index (χ1n) is 7.50. The molecule has 0 aliphatic carbocycles. The van der Waals surface area contributed by atoms with Crippen LogP contribution in [0.5, 0.6) is 5.75 Å². The Bertz CT molecular complexity index is 433. The zero-order chi connectivity index (χ0) is 13.8. The smallest absolute Gasteiger partial charge is 0.124 e. The van der Waals surface area contributed by atoms with E-state index >= 15 is 0 Å². The lowest BCUT2D eigenvalue weighted by Gasteiger charge is -2.24. The zero-order valence-corrected chi connectivity index (χ0v) is 12.8. The van der Waals surface area contributed by atoms with E-state index in [-0.39, 0.29) is 0 Å². The zero-order valence-electron chi connectivity index (χ0n) is 12.8. The molecule has 1 unspecified atom stereocenters. The topological polar surface area (TPSA) is 21.3 Å². The number of piperidine rings is 1. The standard InChI is InChI=1S/C17H27NO/c1-12-11-15(13(2)14(3)17(12)19-4)8-9-16-7-5-6-10-18-16/h11,16,18H,5-10H2,1-4H3. The van der Waals surface area contributed by atoms with Gasteiger partial charge < -0.3 is 10.1 Å². The second-order valence-electron chi connectivity index (χ2n) is 5.82. The number of ether oxygens (including phenoxy) is 1. The lowest BCUT2D eigenvalue weighted by Crippen LogP contribution is -2.34. The van der Waals surface area contributed by atoms with Crippen LogP contribution < -0.4 is 10.1 Å². The van der Waals surface area contributed by atoms with Crippen LogP contribution in [0.2, 0.25) is 0 Å². The Morgan fingerprint density at radius 2 is 2.00 bits per heavy atom. The second-order valence-corrected chi connectivity index (χ2v) is 5.82. The molecule has 1 aromatic rings. The summed E-state index contributed by atoms with van der Waals surface area (Å²) >= 11 is 0. The molecule has 1 heterocycles. The molecule has 2 heteroatoms. The van der Waals surface area contributed by atoms with Crippen LogP contribution in [-0.4, -0.2) is 19.7 Å². The minimum Gasteiger partial charge on any atom is -0.496 e. The molecule has 106 valence electrons. The summed E-state index contributed by atoms with van der Waals surface area (Å²) in [6, 6.07) is 3.03. The van der Waals surface area contributed by atoms with Crippen molar-refractivity contribution >= 4 is 0 Å². The summed E-state index contributed by atoms with van der Waals surface area (Å²) < 4.78 is 5.49. The Hall–Kier alpha value is -1.02. The quantitative estimate of drug-likeness (QED) is 0.892. The van der Waals surface area contributed by atoms with Crippen LogP contribution in [0, 0.1) is 20.8 Å². The van der Waals surface area contributed by atoms with Gasteiger partial charge in [-0.15, -0.1) is 0 Å². The van der Waals surface area contributed by atoms with E-state index in [1.165, 1.54) is 60.9 Å². The van der Waals surface area contributed by atoms with Crippen molar-refractivity contribution in [3.8, 4) is 5.75 Å². The van der Waals surface area contributed by atoms with Crippen LogP contribution in [-0.2, 0) is 6.42 Å². The highest BCUT2D eigenvalue weighted by molar-refractivity contribution is 5.49. The highest BCUT2D eigenvalue weighted by Gasteiger charge is 2.15. The van der Waals surface area contributed by atoms with Crippen LogP contribution in [0.15, 0.2) is 6.07 Å². The summed E-state index contributed by atoms with van der Waals surface area (Å²) in [5.74, 6) is 1.05. The SMILES string of the molecule is COc1c(C)cc(CCC2CCCCN2)c(C)c1C. The van der Waals surface area contributed by atoms with Crippen molar-refractivity contribution in [2.75, 3.05) is 13.7 Å². The van der Waals surface area contributed by atoms with Gasteiger partial charge in [0.2, 0.25) is 0 Å². The average Bonchev–Trinajstić information content (AvgIpc) is 2.43. The van der Waals surface area contributed by atoms with Gasteiger partial charge in [0, 0.05) is 6.04 Å². The molecular weight excluding hydrogens is 234 g/mol. The molecule has 1 atom stereocenters. The first kappa shape index (κ1) is 14.4. The molecule has 2 rings (SSSR count). The van der Waals surface area contributed by atoms with E-state index in [0.29, 0.717) is 0 Å². The largest absolute Gasteiger partial charge is 0.496 e. The van der Waals surface area contributed by atoms with Crippen molar-refractivity contribution in [2.24, 2.45) is 0 Å². The summed E-state index contributed by atoms with van der Waals surface area (Å²) in [5.41, 5.74) is 5.45. The van der Waals surface area contributed by atoms with Gasteiger partial charge in [0.15, 0.2) is 0 Å². The third-order valence-corrected chi connectivity index (χ3v) is 4.51. The van der Waals surface area contributed by atoms with Crippen LogP contribution in [0.4, 0.5) is 0 Å². The first-order valence-corrected chi connectivity index (χ1v) is 7.50. The predicted molar refractivity (Wildman–Crippen MR) is 81.2 cm³/mol. The summed E-state index contributed by atoms with van der Waals surface area (Å²) in [5, 5.41) is 3.64. The fourth-order valence-corrected chi connectivity index (χ4v) is 3.22. The molecule has 1 saturated heterocycles. The van der Waals surface area contributed by atoms with Gasteiger partial charge in [-0.3, -0.25) is 0 Å². The van der Waals surface area contributed by atoms with Crippen molar-refractivity contribution in [2.45, 2.75) is 58.9 Å². The van der Waals surface area contributed by atoms with E-state index in [9.17, 15) is 0 Å². The lowest BCUT2D eigenvalue weighted by molar-refractivity contribution is 0.382. The van der Waals surface area contributed by atoms with Crippen LogP contribution in [0.1, 0.15) is 47.9 Å². The van der Waals surface area contributed by atoms with Crippen LogP contribution in [0.3, 0.4) is 0 Å². The van der Waals surface area contributed by atoms with E-state index < -0.39 is 0 Å². The fraction of sp³-hybridized carbons (Fsp3) is 0.647. The van der Waals surface area contributed by atoms with Gasteiger partial charge >= 0.3 is 0 Å². The molecule has 1 aliphatic heterocycles. The summed E-state index contributed by atoms with van der Waals surface area (Å²) in [7, 11) is 1.76. The van der Waals surface area contributed by atoms with Crippen molar-refractivity contribution in [3.05, 3.63) is 28.3 Å². The maximum atomic E-state index is 5.49. The molecule has 0 bridgehead atoms. The van der Waals surface area contributed by atoms with Crippen molar-refractivity contribution < 1.29 is 4.74 Å². The molecule has 1 N–H and O–H groups in total. The molecule has 19 heavy (non-hydrogen) atoms. The van der Waals surface area contributed by atoms with Gasteiger partial charge in [-0.25, -0.2) is 0 Å². The molecule has 0 saturated carbocycles. The highest BCUT2D eigenvalue weighted by Crippen LogP contribution is 2.29. The highest BCUT2D eigenvalue weighted by atomic mass is 16.5. The molecule has 1 aliphatic rings. The molecular formula is C17H27NO. The van der Waals surface area contributed by atoms with Gasteiger partial charge in [0.25, 0.3) is 0 Å². The molecule has 1 fully saturated rings.